The summed E-state index contributed by atoms with van der Waals surface area (Å²) in [6.07, 6.45) is 4.76. The van der Waals surface area contributed by atoms with Gasteiger partial charge in [-0.2, -0.15) is 17.8 Å². The van der Waals surface area contributed by atoms with E-state index in [0.29, 0.717) is 35.7 Å². The number of aromatic nitrogens is 2. The SMILES string of the molecule is CC(C)CC(NC(=O)C1CCCCN1S(=O)(=O)N(C)c1c(F)cc(F)cc1F)C(=O)NCc1cnn(C)c1. The van der Waals surface area contributed by atoms with Crippen LogP contribution in [-0.4, -0.2) is 60.0 Å². The number of nitrogens with zero attached hydrogens (tertiary/aromatic N) is 4. The van der Waals surface area contributed by atoms with Gasteiger partial charge in [-0.15, -0.1) is 0 Å². The lowest BCUT2D eigenvalue weighted by atomic mass is 10.0. The fourth-order valence-corrected chi connectivity index (χ4v) is 6.00. The number of anilines is 1. The molecule has 2 N–H and O–H groups in total. The fourth-order valence-electron chi connectivity index (χ4n) is 4.40. The third-order valence-corrected chi connectivity index (χ3v) is 8.17. The second kappa shape index (κ2) is 12.2. The van der Waals surface area contributed by atoms with Gasteiger partial charge in [-0.1, -0.05) is 20.3 Å². The number of nitrogens with one attached hydrogen (secondary N) is 2. The van der Waals surface area contributed by atoms with Crippen LogP contribution < -0.4 is 14.9 Å². The smallest absolute Gasteiger partial charge is 0.304 e. The minimum Gasteiger partial charge on any atom is -0.350 e. The van der Waals surface area contributed by atoms with Crippen molar-refractivity contribution in [3.05, 3.63) is 47.5 Å². The highest BCUT2D eigenvalue weighted by molar-refractivity contribution is 7.90. The lowest BCUT2D eigenvalue weighted by molar-refractivity contribution is -0.132. The maximum Gasteiger partial charge on any atom is 0.304 e. The first-order chi connectivity index (χ1) is 17.8. The molecule has 14 heteroatoms. The molecule has 0 radical (unpaired) electrons. The van der Waals surface area contributed by atoms with Crippen LogP contribution in [0.4, 0.5) is 18.9 Å². The van der Waals surface area contributed by atoms with Crippen LogP contribution in [0.15, 0.2) is 24.5 Å². The fraction of sp³-hybridized carbons (Fsp3) is 0.542. The molecule has 1 aromatic carbocycles. The van der Waals surface area contributed by atoms with E-state index in [1.54, 1.807) is 24.1 Å². The molecule has 1 aromatic heterocycles. The van der Waals surface area contributed by atoms with Crippen molar-refractivity contribution in [3.63, 3.8) is 0 Å². The molecule has 1 fully saturated rings. The van der Waals surface area contributed by atoms with Gasteiger partial charge in [0.25, 0.3) is 0 Å². The maximum absolute atomic E-state index is 14.4. The second-order valence-corrected chi connectivity index (χ2v) is 11.7. The number of carbonyl (C=O) groups excluding carboxylic acids is 2. The number of carbonyl (C=O) groups is 2. The van der Waals surface area contributed by atoms with E-state index in [1.807, 2.05) is 13.8 Å². The van der Waals surface area contributed by atoms with E-state index in [4.69, 9.17) is 0 Å². The molecule has 2 atom stereocenters. The van der Waals surface area contributed by atoms with Crippen molar-refractivity contribution in [3.8, 4) is 0 Å². The number of rotatable bonds is 10. The van der Waals surface area contributed by atoms with Crippen molar-refractivity contribution in [2.24, 2.45) is 13.0 Å². The monoisotopic (exact) mass is 558 g/mol. The normalized spacial score (nSPS) is 17.3. The third-order valence-electron chi connectivity index (χ3n) is 6.26. The van der Waals surface area contributed by atoms with Crippen LogP contribution in [-0.2, 0) is 33.4 Å². The quantitative estimate of drug-likeness (QED) is 0.464. The average molecular weight is 559 g/mol. The first-order valence-electron chi connectivity index (χ1n) is 12.3. The number of piperidine rings is 1. The molecule has 38 heavy (non-hydrogen) atoms. The highest BCUT2D eigenvalue weighted by atomic mass is 32.2. The number of aryl methyl sites for hydroxylation is 1. The molecule has 2 aromatic rings. The van der Waals surface area contributed by atoms with Crippen LogP contribution in [0.3, 0.4) is 0 Å². The van der Waals surface area contributed by atoms with Crippen molar-refractivity contribution in [2.45, 2.75) is 58.2 Å². The summed E-state index contributed by atoms with van der Waals surface area (Å²) in [6.45, 7) is 3.88. The van der Waals surface area contributed by atoms with Gasteiger partial charge in [-0.3, -0.25) is 18.6 Å². The number of hydrogen-bond donors (Lipinski definition) is 2. The standard InChI is InChI=1S/C24H33F3N6O4S/c1-15(2)9-20(23(34)28-12-16-13-29-31(3)14-16)30-24(35)21-7-5-6-8-33(21)38(36,37)32(4)22-18(26)10-17(25)11-19(22)27/h10-11,13-15,20-21H,5-9,12H2,1-4H3,(H,28,34)(H,30,35). The Labute approximate surface area is 220 Å². The number of halogens is 3. The zero-order chi connectivity index (χ0) is 28.2. The Morgan fingerprint density at radius 1 is 1.18 bits per heavy atom. The Hall–Kier alpha value is -3.13. The van der Waals surface area contributed by atoms with Crippen molar-refractivity contribution < 1.29 is 31.2 Å². The van der Waals surface area contributed by atoms with Crippen LogP contribution >= 0.6 is 0 Å². The van der Waals surface area contributed by atoms with E-state index in [2.05, 4.69) is 15.7 Å². The van der Waals surface area contributed by atoms with Crippen molar-refractivity contribution in [2.75, 3.05) is 17.9 Å². The first kappa shape index (κ1) is 29.4. The predicted octanol–water partition coefficient (Wildman–Crippen LogP) is 2.22. The van der Waals surface area contributed by atoms with E-state index in [0.717, 1.165) is 16.9 Å². The molecule has 1 aliphatic rings. The van der Waals surface area contributed by atoms with Gasteiger partial charge in [0.15, 0.2) is 11.6 Å². The van der Waals surface area contributed by atoms with Gasteiger partial charge in [0.1, 0.15) is 23.6 Å². The largest absolute Gasteiger partial charge is 0.350 e. The highest BCUT2D eigenvalue weighted by Crippen LogP contribution is 2.30. The van der Waals surface area contributed by atoms with Gasteiger partial charge in [-0.05, 0) is 25.2 Å². The summed E-state index contributed by atoms with van der Waals surface area (Å²) in [5, 5.41) is 9.48. The van der Waals surface area contributed by atoms with E-state index in [-0.39, 0.29) is 25.4 Å². The van der Waals surface area contributed by atoms with E-state index >= 15 is 0 Å². The van der Waals surface area contributed by atoms with Gasteiger partial charge >= 0.3 is 10.2 Å². The third kappa shape index (κ3) is 6.84. The Kier molecular flexibility index (Phi) is 9.41. The van der Waals surface area contributed by atoms with E-state index < -0.39 is 57.2 Å². The van der Waals surface area contributed by atoms with Crippen LogP contribution in [0.2, 0.25) is 0 Å². The lowest BCUT2D eigenvalue weighted by Crippen LogP contribution is -2.58. The zero-order valence-corrected chi connectivity index (χ0v) is 22.6. The maximum atomic E-state index is 14.4. The van der Waals surface area contributed by atoms with Gasteiger partial charge < -0.3 is 10.6 Å². The average Bonchev–Trinajstić information content (AvgIpc) is 3.26. The number of hydrogen-bond acceptors (Lipinski definition) is 5. The first-order valence-corrected chi connectivity index (χ1v) is 13.7. The van der Waals surface area contributed by atoms with Crippen LogP contribution in [0.25, 0.3) is 0 Å². The minimum atomic E-state index is -4.60. The van der Waals surface area contributed by atoms with Gasteiger partial charge in [0.2, 0.25) is 11.8 Å². The van der Waals surface area contributed by atoms with Crippen molar-refractivity contribution in [1.29, 1.82) is 0 Å². The molecule has 0 aliphatic carbocycles. The second-order valence-electron chi connectivity index (χ2n) is 9.75. The molecule has 2 amide bonds. The Morgan fingerprint density at radius 2 is 1.84 bits per heavy atom. The molecule has 2 unspecified atom stereocenters. The molecule has 2 heterocycles. The molecular formula is C24H33F3N6O4S. The summed E-state index contributed by atoms with van der Waals surface area (Å²) in [5.41, 5.74) is -0.188. The van der Waals surface area contributed by atoms with Gasteiger partial charge in [0, 0.05) is 51.1 Å². The van der Waals surface area contributed by atoms with Gasteiger partial charge in [0.05, 0.1) is 6.20 Å². The van der Waals surface area contributed by atoms with Crippen LogP contribution in [0.5, 0.6) is 0 Å². The topological polar surface area (TPSA) is 117 Å². The minimum absolute atomic E-state index is 0.0335. The van der Waals surface area contributed by atoms with E-state index in [9.17, 15) is 31.2 Å². The lowest BCUT2D eigenvalue weighted by Gasteiger charge is -2.37. The zero-order valence-electron chi connectivity index (χ0n) is 21.7. The molecule has 10 nitrogen and oxygen atoms in total. The molecular weight excluding hydrogens is 525 g/mol. The number of benzene rings is 1. The molecule has 0 spiro atoms. The predicted molar refractivity (Wildman–Crippen MR) is 134 cm³/mol. The van der Waals surface area contributed by atoms with Crippen LogP contribution in [0.1, 0.15) is 45.1 Å². The molecule has 1 aliphatic heterocycles. The summed E-state index contributed by atoms with van der Waals surface area (Å²) in [7, 11) is -1.92. The molecule has 0 bridgehead atoms. The molecule has 0 saturated carbocycles. The Bertz CT molecular complexity index is 1250. The van der Waals surface area contributed by atoms with E-state index in [1.165, 1.54) is 0 Å². The van der Waals surface area contributed by atoms with Crippen LogP contribution in [0, 0.1) is 23.4 Å². The molecule has 210 valence electrons. The Morgan fingerprint density at radius 3 is 2.42 bits per heavy atom. The summed E-state index contributed by atoms with van der Waals surface area (Å²) in [4.78, 5) is 26.3. The Balaban J connectivity index is 1.79. The summed E-state index contributed by atoms with van der Waals surface area (Å²) in [5.74, 6) is -5.07. The number of amides is 2. The summed E-state index contributed by atoms with van der Waals surface area (Å²) < 4.78 is 71.7. The highest BCUT2D eigenvalue weighted by Gasteiger charge is 2.41. The summed E-state index contributed by atoms with van der Waals surface area (Å²) in [6, 6.07) is -1.38. The van der Waals surface area contributed by atoms with Crippen molar-refractivity contribution >= 4 is 27.7 Å². The van der Waals surface area contributed by atoms with Crippen molar-refractivity contribution in [1.82, 2.24) is 24.7 Å². The van der Waals surface area contributed by atoms with Gasteiger partial charge in [-0.25, -0.2) is 13.2 Å². The molecule has 1 saturated heterocycles. The molecule has 3 rings (SSSR count). The summed E-state index contributed by atoms with van der Waals surface area (Å²) >= 11 is 0.